The van der Waals surface area contributed by atoms with Crippen molar-refractivity contribution >= 4 is 5.97 Å². The Morgan fingerprint density at radius 2 is 1.30 bits per heavy atom. The molecule has 1 saturated heterocycles. The van der Waals surface area contributed by atoms with Crippen molar-refractivity contribution < 1.29 is 14.6 Å². The smallest absolute Gasteiger partial charge is 0.316 e. The maximum absolute atomic E-state index is 12.2. The highest BCUT2D eigenvalue weighted by Gasteiger charge is 2.62. The van der Waals surface area contributed by atoms with Gasteiger partial charge in [-0.2, -0.15) is 0 Å². The van der Waals surface area contributed by atoms with Gasteiger partial charge in [0.1, 0.15) is 11.0 Å². The molecule has 0 spiro atoms. The molecule has 160 valence electrons. The molecule has 1 aliphatic heterocycles. The predicted molar refractivity (Wildman–Crippen MR) is 114 cm³/mol. The van der Waals surface area contributed by atoms with E-state index in [-0.39, 0.29) is 12.1 Å². The Morgan fingerprint density at radius 1 is 0.815 bits per heavy atom. The average Bonchev–Trinajstić information content (AvgIpc) is 2.63. The molecule has 0 radical (unpaired) electrons. The van der Waals surface area contributed by atoms with Gasteiger partial charge in [0.25, 0.3) is 0 Å². The summed E-state index contributed by atoms with van der Waals surface area (Å²) < 4.78 is 5.58. The second-order valence-electron chi connectivity index (χ2n) is 9.24. The van der Waals surface area contributed by atoms with Gasteiger partial charge < -0.3 is 9.84 Å². The van der Waals surface area contributed by atoms with Crippen molar-refractivity contribution in [1.82, 2.24) is 0 Å². The van der Waals surface area contributed by atoms with Gasteiger partial charge in [-0.1, -0.05) is 97.3 Å². The maximum atomic E-state index is 12.2. The molecule has 1 fully saturated rings. The molecule has 3 nitrogen and oxygen atoms in total. The highest BCUT2D eigenvalue weighted by atomic mass is 16.6. The van der Waals surface area contributed by atoms with E-state index in [4.69, 9.17) is 4.74 Å². The van der Waals surface area contributed by atoms with Crippen LogP contribution < -0.4 is 0 Å². The Morgan fingerprint density at radius 3 is 1.81 bits per heavy atom. The zero-order valence-corrected chi connectivity index (χ0v) is 18.7. The summed E-state index contributed by atoms with van der Waals surface area (Å²) in [6.45, 7) is 8.55. The van der Waals surface area contributed by atoms with Crippen LogP contribution >= 0.6 is 0 Å². The highest BCUT2D eigenvalue weighted by molar-refractivity contribution is 5.84. The standard InChI is InChI=1S/C24H46O3/c1-5-7-9-11-13-14-16-18-21(25)20-24(4)23(3,22(26)27-24)19-17-15-12-10-8-6-2/h21,25H,5-20H2,1-4H3/t21-,23-,24+/m1/s1. The molecule has 0 aromatic rings. The molecular weight excluding hydrogens is 336 g/mol. The first-order valence-corrected chi connectivity index (χ1v) is 11.8. The number of rotatable bonds is 17. The molecule has 3 heteroatoms. The van der Waals surface area contributed by atoms with Gasteiger partial charge in [0.2, 0.25) is 0 Å². The maximum Gasteiger partial charge on any atom is 0.316 e. The SMILES string of the molecule is CCCCCCCCC[C@@H](O)C[C@]1(C)OC(=O)[C@@]1(C)CCCCCCCC. The fraction of sp³-hybridized carbons (Fsp3) is 0.958. The summed E-state index contributed by atoms with van der Waals surface area (Å²) in [5.74, 6) is -0.0679. The van der Waals surface area contributed by atoms with Crippen molar-refractivity contribution in [1.29, 1.82) is 0 Å². The second-order valence-corrected chi connectivity index (χ2v) is 9.24. The quantitative estimate of drug-likeness (QED) is 0.219. The van der Waals surface area contributed by atoms with Crippen LogP contribution in [0.4, 0.5) is 0 Å². The number of hydrogen-bond acceptors (Lipinski definition) is 3. The van der Waals surface area contributed by atoms with Crippen LogP contribution in [0.1, 0.15) is 130 Å². The Kier molecular flexibility index (Phi) is 11.6. The molecule has 1 rings (SSSR count). The number of esters is 1. The molecule has 0 saturated carbocycles. The van der Waals surface area contributed by atoms with Gasteiger partial charge in [-0.3, -0.25) is 4.79 Å². The lowest BCUT2D eigenvalue weighted by atomic mass is 9.64. The van der Waals surface area contributed by atoms with E-state index in [1.807, 2.05) is 13.8 Å². The zero-order chi connectivity index (χ0) is 20.2. The molecule has 0 aromatic carbocycles. The minimum absolute atomic E-state index is 0.0679. The summed E-state index contributed by atoms with van der Waals surface area (Å²) in [7, 11) is 0. The zero-order valence-electron chi connectivity index (χ0n) is 18.7. The number of cyclic esters (lactones) is 1. The van der Waals surface area contributed by atoms with E-state index in [0.29, 0.717) is 6.42 Å². The number of carbonyl (C=O) groups excluding carboxylic acids is 1. The molecule has 0 amide bonds. The molecule has 1 aliphatic rings. The Hall–Kier alpha value is -0.570. The van der Waals surface area contributed by atoms with Gasteiger partial charge in [-0.05, 0) is 26.7 Å². The highest BCUT2D eigenvalue weighted by Crippen LogP contribution is 2.52. The third-order valence-corrected chi connectivity index (χ3v) is 6.73. The number of ether oxygens (including phenoxy) is 1. The summed E-state index contributed by atoms with van der Waals surface area (Å²) >= 11 is 0. The number of aliphatic hydroxyl groups excluding tert-OH is 1. The van der Waals surface area contributed by atoms with E-state index in [2.05, 4.69) is 13.8 Å². The molecule has 0 bridgehead atoms. The number of aliphatic hydroxyl groups is 1. The first-order valence-electron chi connectivity index (χ1n) is 11.8. The number of hydrogen-bond donors (Lipinski definition) is 1. The summed E-state index contributed by atoms with van der Waals surface area (Å²) in [5.41, 5.74) is -0.910. The van der Waals surface area contributed by atoms with Crippen LogP contribution in [0.15, 0.2) is 0 Å². The number of unbranched alkanes of at least 4 members (excludes halogenated alkanes) is 11. The molecule has 1 N–H and O–H groups in total. The van der Waals surface area contributed by atoms with Crippen LogP contribution in [-0.4, -0.2) is 22.8 Å². The van der Waals surface area contributed by atoms with Crippen molar-refractivity contribution in [2.75, 3.05) is 0 Å². The molecule has 0 aliphatic carbocycles. The van der Waals surface area contributed by atoms with Crippen molar-refractivity contribution in [3.8, 4) is 0 Å². The first kappa shape index (κ1) is 24.5. The van der Waals surface area contributed by atoms with Gasteiger partial charge in [-0.25, -0.2) is 0 Å². The van der Waals surface area contributed by atoms with E-state index in [9.17, 15) is 9.90 Å². The van der Waals surface area contributed by atoms with Gasteiger partial charge in [0.05, 0.1) is 6.10 Å². The van der Waals surface area contributed by atoms with Crippen molar-refractivity contribution in [2.24, 2.45) is 5.41 Å². The van der Waals surface area contributed by atoms with E-state index in [1.54, 1.807) is 0 Å². The van der Waals surface area contributed by atoms with Crippen molar-refractivity contribution in [3.05, 3.63) is 0 Å². The van der Waals surface area contributed by atoms with E-state index in [1.165, 1.54) is 70.6 Å². The molecule has 0 unspecified atom stereocenters. The van der Waals surface area contributed by atoms with Crippen LogP contribution in [0.3, 0.4) is 0 Å². The summed E-state index contributed by atoms with van der Waals surface area (Å²) in [5, 5.41) is 10.5. The van der Waals surface area contributed by atoms with Crippen molar-refractivity contribution in [2.45, 2.75) is 142 Å². The Balaban J connectivity index is 2.27. The summed E-state index contributed by atoms with van der Waals surface area (Å²) in [6, 6.07) is 0. The monoisotopic (exact) mass is 382 g/mol. The van der Waals surface area contributed by atoms with E-state index in [0.717, 1.165) is 25.7 Å². The van der Waals surface area contributed by atoms with Crippen LogP contribution in [0.25, 0.3) is 0 Å². The van der Waals surface area contributed by atoms with Gasteiger partial charge >= 0.3 is 5.97 Å². The molecule has 0 aromatic heterocycles. The average molecular weight is 383 g/mol. The minimum Gasteiger partial charge on any atom is -0.458 e. The third-order valence-electron chi connectivity index (χ3n) is 6.73. The number of carbonyl (C=O) groups is 1. The second kappa shape index (κ2) is 12.8. The van der Waals surface area contributed by atoms with E-state index < -0.39 is 11.0 Å². The van der Waals surface area contributed by atoms with Crippen LogP contribution in [0, 0.1) is 5.41 Å². The Labute approximate surface area is 168 Å². The van der Waals surface area contributed by atoms with Gasteiger partial charge in [0.15, 0.2) is 0 Å². The van der Waals surface area contributed by atoms with Crippen molar-refractivity contribution in [3.63, 3.8) is 0 Å². The Bertz CT molecular complexity index is 408. The molecule has 3 atom stereocenters. The van der Waals surface area contributed by atoms with Crippen LogP contribution in [0.2, 0.25) is 0 Å². The minimum atomic E-state index is -0.492. The lowest BCUT2D eigenvalue weighted by Gasteiger charge is -2.54. The third kappa shape index (κ3) is 7.75. The molecular formula is C24H46O3. The molecule has 27 heavy (non-hydrogen) atoms. The topological polar surface area (TPSA) is 46.5 Å². The predicted octanol–water partition coefficient (Wildman–Crippen LogP) is 6.95. The fourth-order valence-electron chi connectivity index (χ4n) is 4.38. The molecule has 1 heterocycles. The lowest BCUT2D eigenvalue weighted by molar-refractivity contribution is -0.243. The van der Waals surface area contributed by atoms with Gasteiger partial charge in [0, 0.05) is 6.42 Å². The fourth-order valence-corrected chi connectivity index (χ4v) is 4.38. The largest absolute Gasteiger partial charge is 0.458 e. The summed E-state index contributed by atoms with van der Waals surface area (Å²) in [6.07, 6.45) is 18.2. The van der Waals surface area contributed by atoms with Gasteiger partial charge in [-0.15, -0.1) is 0 Å². The van der Waals surface area contributed by atoms with Crippen LogP contribution in [-0.2, 0) is 9.53 Å². The first-order chi connectivity index (χ1) is 12.9. The normalized spacial score (nSPS) is 25.9. The van der Waals surface area contributed by atoms with E-state index >= 15 is 0 Å². The lowest BCUT2D eigenvalue weighted by Crippen LogP contribution is -2.64. The summed E-state index contributed by atoms with van der Waals surface area (Å²) in [4.78, 5) is 12.2. The van der Waals surface area contributed by atoms with Crippen LogP contribution in [0.5, 0.6) is 0 Å².